The van der Waals surface area contributed by atoms with Gasteiger partial charge < -0.3 is 14.8 Å². The minimum Gasteiger partial charge on any atom is -0.379 e. The summed E-state index contributed by atoms with van der Waals surface area (Å²) >= 11 is 0. The molecule has 0 aromatic rings. The zero-order valence-electron chi connectivity index (χ0n) is 13.6. The van der Waals surface area contributed by atoms with Crippen LogP contribution in [-0.4, -0.2) is 38.0 Å². The van der Waals surface area contributed by atoms with Gasteiger partial charge in [-0.25, -0.2) is 0 Å². The third-order valence-corrected chi connectivity index (χ3v) is 5.16. The average Bonchev–Trinajstić information content (AvgIpc) is 2.48. The maximum Gasteiger partial charge on any atom is 0.0784 e. The molecule has 1 spiro atoms. The quantitative estimate of drug-likeness (QED) is 0.739. The average molecular weight is 283 g/mol. The van der Waals surface area contributed by atoms with E-state index in [-0.39, 0.29) is 6.10 Å². The summed E-state index contributed by atoms with van der Waals surface area (Å²) in [5, 5.41) is 3.76. The van der Waals surface area contributed by atoms with E-state index in [4.69, 9.17) is 9.47 Å². The van der Waals surface area contributed by atoms with Crippen molar-refractivity contribution in [2.24, 2.45) is 5.41 Å². The second-order valence-electron chi connectivity index (χ2n) is 6.63. The Morgan fingerprint density at radius 3 is 2.60 bits per heavy atom. The van der Waals surface area contributed by atoms with E-state index in [2.05, 4.69) is 19.2 Å². The fraction of sp³-hybridized carbons (Fsp3) is 1.00. The summed E-state index contributed by atoms with van der Waals surface area (Å²) in [6, 6.07) is 0.687. The molecule has 3 heteroatoms. The second kappa shape index (κ2) is 7.77. The highest BCUT2D eigenvalue weighted by Crippen LogP contribution is 2.53. The van der Waals surface area contributed by atoms with Crippen molar-refractivity contribution in [1.82, 2.24) is 5.32 Å². The Balaban J connectivity index is 1.88. The first-order valence-electron chi connectivity index (χ1n) is 8.69. The fourth-order valence-corrected chi connectivity index (χ4v) is 4.03. The summed E-state index contributed by atoms with van der Waals surface area (Å²) in [4.78, 5) is 0. The summed E-state index contributed by atoms with van der Waals surface area (Å²) in [7, 11) is 0. The molecule has 0 saturated heterocycles. The number of hydrogen-bond donors (Lipinski definition) is 1. The van der Waals surface area contributed by atoms with Gasteiger partial charge in [-0.05, 0) is 46.1 Å². The monoisotopic (exact) mass is 283 g/mol. The van der Waals surface area contributed by atoms with Gasteiger partial charge in [0.25, 0.3) is 0 Å². The minimum absolute atomic E-state index is 0.228. The van der Waals surface area contributed by atoms with Gasteiger partial charge in [0.15, 0.2) is 0 Å². The summed E-state index contributed by atoms with van der Waals surface area (Å²) in [6.07, 6.45) is 9.95. The Kier molecular flexibility index (Phi) is 6.31. The third-order valence-electron chi connectivity index (χ3n) is 5.16. The van der Waals surface area contributed by atoms with E-state index in [1.54, 1.807) is 0 Å². The summed E-state index contributed by atoms with van der Waals surface area (Å²) in [6.45, 7) is 9.10. The van der Waals surface area contributed by atoms with Crippen molar-refractivity contribution in [3.63, 3.8) is 0 Å². The molecule has 3 atom stereocenters. The van der Waals surface area contributed by atoms with Gasteiger partial charge in [0.1, 0.15) is 0 Å². The number of ether oxygens (including phenoxy) is 2. The Morgan fingerprint density at radius 2 is 1.95 bits per heavy atom. The number of hydrogen-bond acceptors (Lipinski definition) is 3. The van der Waals surface area contributed by atoms with Crippen LogP contribution in [0.2, 0.25) is 0 Å². The van der Waals surface area contributed by atoms with Crippen molar-refractivity contribution < 1.29 is 9.47 Å². The van der Waals surface area contributed by atoms with Crippen LogP contribution >= 0.6 is 0 Å². The van der Waals surface area contributed by atoms with Gasteiger partial charge in [0.05, 0.1) is 18.8 Å². The van der Waals surface area contributed by atoms with Crippen LogP contribution < -0.4 is 5.32 Å². The zero-order valence-corrected chi connectivity index (χ0v) is 13.6. The maximum atomic E-state index is 6.33. The van der Waals surface area contributed by atoms with Crippen LogP contribution in [0.5, 0.6) is 0 Å². The van der Waals surface area contributed by atoms with Gasteiger partial charge in [-0.2, -0.15) is 0 Å². The van der Waals surface area contributed by atoms with Gasteiger partial charge in [-0.3, -0.25) is 0 Å². The van der Waals surface area contributed by atoms with E-state index in [0.717, 1.165) is 19.8 Å². The van der Waals surface area contributed by atoms with E-state index in [0.29, 0.717) is 17.6 Å². The van der Waals surface area contributed by atoms with Gasteiger partial charge in [0, 0.05) is 18.1 Å². The summed E-state index contributed by atoms with van der Waals surface area (Å²) in [5.74, 6) is 0. The highest BCUT2D eigenvalue weighted by atomic mass is 16.5. The molecule has 3 unspecified atom stereocenters. The van der Waals surface area contributed by atoms with Crippen molar-refractivity contribution in [2.45, 2.75) is 84.0 Å². The first kappa shape index (κ1) is 16.3. The highest BCUT2D eigenvalue weighted by molar-refractivity contribution is 5.09. The van der Waals surface area contributed by atoms with Crippen molar-refractivity contribution in [3.8, 4) is 0 Å². The summed E-state index contributed by atoms with van der Waals surface area (Å²) < 4.78 is 11.8. The van der Waals surface area contributed by atoms with E-state index < -0.39 is 0 Å². The highest BCUT2D eigenvalue weighted by Gasteiger charge is 2.55. The van der Waals surface area contributed by atoms with Crippen LogP contribution in [0.3, 0.4) is 0 Å². The molecule has 118 valence electrons. The fourth-order valence-electron chi connectivity index (χ4n) is 4.03. The molecule has 1 N–H and O–H groups in total. The third kappa shape index (κ3) is 3.55. The smallest absolute Gasteiger partial charge is 0.0784 e. The molecule has 20 heavy (non-hydrogen) atoms. The molecule has 0 aromatic heterocycles. The lowest BCUT2D eigenvalue weighted by Crippen LogP contribution is -2.65. The molecule has 0 aromatic carbocycles. The zero-order chi connectivity index (χ0) is 14.4. The van der Waals surface area contributed by atoms with Gasteiger partial charge in [0.2, 0.25) is 0 Å². The Bertz CT molecular complexity index is 276. The normalized spacial score (nSPS) is 30.1. The first-order valence-corrected chi connectivity index (χ1v) is 8.69. The molecule has 2 fully saturated rings. The molecular weight excluding hydrogens is 250 g/mol. The van der Waals surface area contributed by atoms with Crippen LogP contribution in [0.25, 0.3) is 0 Å². The molecule has 0 aliphatic heterocycles. The molecular formula is C17H33NO2. The molecule has 2 saturated carbocycles. The second-order valence-corrected chi connectivity index (χ2v) is 6.63. The lowest BCUT2D eigenvalue weighted by atomic mass is 9.55. The Morgan fingerprint density at radius 1 is 1.20 bits per heavy atom. The van der Waals surface area contributed by atoms with E-state index in [9.17, 15) is 0 Å². The first-order chi connectivity index (χ1) is 9.73. The van der Waals surface area contributed by atoms with E-state index in [1.165, 1.54) is 44.9 Å². The largest absolute Gasteiger partial charge is 0.379 e. The van der Waals surface area contributed by atoms with Crippen LogP contribution in [0.1, 0.15) is 65.7 Å². The van der Waals surface area contributed by atoms with Crippen molar-refractivity contribution in [2.75, 3.05) is 19.8 Å². The Labute approximate surface area is 124 Å². The van der Waals surface area contributed by atoms with Crippen LogP contribution in [0.15, 0.2) is 0 Å². The summed E-state index contributed by atoms with van der Waals surface area (Å²) in [5.41, 5.74) is 0.424. The molecule has 2 rings (SSSR count). The lowest BCUT2D eigenvalue weighted by Gasteiger charge is -2.58. The van der Waals surface area contributed by atoms with Crippen molar-refractivity contribution in [3.05, 3.63) is 0 Å². The lowest BCUT2D eigenvalue weighted by molar-refractivity contribution is -0.182. The van der Waals surface area contributed by atoms with Crippen molar-refractivity contribution >= 4 is 0 Å². The van der Waals surface area contributed by atoms with Gasteiger partial charge >= 0.3 is 0 Å². The van der Waals surface area contributed by atoms with E-state index in [1.807, 2.05) is 6.92 Å². The molecule has 0 radical (unpaired) electrons. The number of nitrogens with one attached hydrogen (secondary N) is 1. The topological polar surface area (TPSA) is 30.5 Å². The molecule has 0 heterocycles. The SMILES string of the molecule is CCCNC1CC(OC(C)COCC)C12CCCCC2. The predicted octanol–water partition coefficient (Wildman–Crippen LogP) is 3.52. The van der Waals surface area contributed by atoms with Gasteiger partial charge in [-0.15, -0.1) is 0 Å². The van der Waals surface area contributed by atoms with E-state index >= 15 is 0 Å². The standard InChI is InChI=1S/C17H33NO2/c1-4-11-18-15-12-16(20-14(3)13-19-5-2)17(15)9-7-6-8-10-17/h14-16,18H,4-13H2,1-3H3. The Hall–Kier alpha value is -0.120. The van der Waals surface area contributed by atoms with Crippen LogP contribution in [0.4, 0.5) is 0 Å². The van der Waals surface area contributed by atoms with Crippen LogP contribution in [-0.2, 0) is 9.47 Å². The molecule has 2 aliphatic rings. The molecule has 0 amide bonds. The van der Waals surface area contributed by atoms with Crippen LogP contribution in [0, 0.1) is 5.41 Å². The maximum absolute atomic E-state index is 6.33. The molecule has 2 aliphatic carbocycles. The molecule has 3 nitrogen and oxygen atoms in total. The van der Waals surface area contributed by atoms with Gasteiger partial charge in [-0.1, -0.05) is 26.2 Å². The predicted molar refractivity (Wildman–Crippen MR) is 83.0 cm³/mol. The number of rotatable bonds is 8. The van der Waals surface area contributed by atoms with Crippen molar-refractivity contribution in [1.29, 1.82) is 0 Å². The molecule has 0 bridgehead atoms. The minimum atomic E-state index is 0.228.